The molecule has 21 heavy (non-hydrogen) atoms. The van der Waals surface area contributed by atoms with Crippen LogP contribution in [0.25, 0.3) is 0 Å². The van der Waals surface area contributed by atoms with Gasteiger partial charge in [0.15, 0.2) is 0 Å². The van der Waals surface area contributed by atoms with Crippen molar-refractivity contribution in [3.8, 4) is 0 Å². The number of nitrogens with two attached hydrogens (primary N) is 1. The zero-order valence-electron chi connectivity index (χ0n) is 12.5. The Kier molecular flexibility index (Phi) is 4.29. The molecule has 1 aliphatic carbocycles. The highest BCUT2D eigenvalue weighted by Crippen LogP contribution is 2.41. The van der Waals surface area contributed by atoms with Gasteiger partial charge in [0.05, 0.1) is 5.60 Å². The van der Waals surface area contributed by atoms with Crippen molar-refractivity contribution in [2.75, 3.05) is 19.6 Å². The van der Waals surface area contributed by atoms with Crippen molar-refractivity contribution in [2.24, 2.45) is 11.7 Å². The fourth-order valence-corrected chi connectivity index (χ4v) is 4.10. The van der Waals surface area contributed by atoms with E-state index >= 15 is 0 Å². The number of hydrogen-bond donors (Lipinski definition) is 2. The van der Waals surface area contributed by atoms with Crippen LogP contribution in [-0.4, -0.2) is 35.2 Å². The molecule has 3 unspecified atom stereocenters. The van der Waals surface area contributed by atoms with Crippen molar-refractivity contribution in [3.05, 3.63) is 35.6 Å². The lowest BCUT2D eigenvalue weighted by molar-refractivity contribution is -0.102. The van der Waals surface area contributed by atoms with Gasteiger partial charge in [-0.1, -0.05) is 31.0 Å². The molecule has 1 heterocycles. The molecule has 0 bridgehead atoms. The molecule has 2 aliphatic rings. The first-order valence-corrected chi connectivity index (χ1v) is 8.05. The molecule has 1 saturated carbocycles. The van der Waals surface area contributed by atoms with Gasteiger partial charge in [-0.25, -0.2) is 4.39 Å². The van der Waals surface area contributed by atoms with Crippen LogP contribution in [0, 0.1) is 11.7 Å². The molecular formula is C17H25FN2O. The van der Waals surface area contributed by atoms with Gasteiger partial charge in [0.25, 0.3) is 0 Å². The summed E-state index contributed by atoms with van der Waals surface area (Å²) in [5.41, 5.74) is 6.12. The van der Waals surface area contributed by atoms with Crippen LogP contribution in [0.1, 0.15) is 43.7 Å². The van der Waals surface area contributed by atoms with E-state index in [2.05, 4.69) is 4.90 Å². The first-order valence-electron chi connectivity index (χ1n) is 8.05. The number of hydrogen-bond acceptors (Lipinski definition) is 3. The van der Waals surface area contributed by atoms with Crippen LogP contribution in [0.3, 0.4) is 0 Å². The summed E-state index contributed by atoms with van der Waals surface area (Å²) in [7, 11) is 0. The molecule has 3 rings (SSSR count). The number of rotatable bonds is 3. The van der Waals surface area contributed by atoms with Gasteiger partial charge in [-0.3, -0.25) is 4.90 Å². The minimum Gasteiger partial charge on any atom is -0.390 e. The van der Waals surface area contributed by atoms with Gasteiger partial charge in [0.1, 0.15) is 5.82 Å². The summed E-state index contributed by atoms with van der Waals surface area (Å²) in [6.45, 7) is 2.03. The molecule has 1 saturated heterocycles. The SMILES string of the molecule is NCC(c1ccccc1F)N1CCC2(O)CCCCC2C1. The van der Waals surface area contributed by atoms with Gasteiger partial charge in [0, 0.05) is 37.2 Å². The second-order valence-electron chi connectivity index (χ2n) is 6.56. The van der Waals surface area contributed by atoms with E-state index in [0.717, 1.165) is 38.8 Å². The fraction of sp³-hybridized carbons (Fsp3) is 0.647. The van der Waals surface area contributed by atoms with Crippen molar-refractivity contribution in [3.63, 3.8) is 0 Å². The Bertz CT molecular complexity index is 495. The van der Waals surface area contributed by atoms with E-state index in [9.17, 15) is 9.50 Å². The van der Waals surface area contributed by atoms with Crippen molar-refractivity contribution >= 4 is 0 Å². The molecule has 116 valence electrons. The van der Waals surface area contributed by atoms with Gasteiger partial charge in [0.2, 0.25) is 0 Å². The van der Waals surface area contributed by atoms with E-state index in [1.807, 2.05) is 12.1 Å². The summed E-state index contributed by atoms with van der Waals surface area (Å²) in [5.74, 6) is 0.123. The Morgan fingerprint density at radius 2 is 2.14 bits per heavy atom. The minimum absolute atomic E-state index is 0.0855. The summed E-state index contributed by atoms with van der Waals surface area (Å²) in [4.78, 5) is 2.27. The molecule has 4 heteroatoms. The molecule has 2 fully saturated rings. The van der Waals surface area contributed by atoms with Crippen LogP contribution in [0.4, 0.5) is 4.39 Å². The molecule has 1 aromatic rings. The van der Waals surface area contributed by atoms with Crippen LogP contribution in [0.2, 0.25) is 0 Å². The highest BCUT2D eigenvalue weighted by molar-refractivity contribution is 5.22. The number of likely N-dealkylation sites (tertiary alicyclic amines) is 1. The lowest BCUT2D eigenvalue weighted by atomic mass is 9.71. The van der Waals surface area contributed by atoms with E-state index in [-0.39, 0.29) is 11.9 Å². The summed E-state index contributed by atoms with van der Waals surface area (Å²) < 4.78 is 14.1. The molecule has 0 amide bonds. The third-order valence-corrected chi connectivity index (χ3v) is 5.39. The van der Waals surface area contributed by atoms with E-state index in [4.69, 9.17) is 5.73 Å². The largest absolute Gasteiger partial charge is 0.390 e. The summed E-state index contributed by atoms with van der Waals surface area (Å²) >= 11 is 0. The quantitative estimate of drug-likeness (QED) is 0.899. The van der Waals surface area contributed by atoms with Crippen LogP contribution in [-0.2, 0) is 0 Å². The lowest BCUT2D eigenvalue weighted by Gasteiger charge is -2.49. The van der Waals surface area contributed by atoms with Gasteiger partial charge in [-0.05, 0) is 25.3 Å². The van der Waals surface area contributed by atoms with Crippen LogP contribution in [0.5, 0.6) is 0 Å². The van der Waals surface area contributed by atoms with Crippen molar-refractivity contribution < 1.29 is 9.50 Å². The molecular weight excluding hydrogens is 267 g/mol. The van der Waals surface area contributed by atoms with Crippen molar-refractivity contribution in [1.82, 2.24) is 4.90 Å². The highest BCUT2D eigenvalue weighted by atomic mass is 19.1. The Hall–Kier alpha value is -0.970. The maximum Gasteiger partial charge on any atom is 0.128 e. The minimum atomic E-state index is -0.497. The molecule has 3 nitrogen and oxygen atoms in total. The van der Waals surface area contributed by atoms with Gasteiger partial charge in [-0.15, -0.1) is 0 Å². The van der Waals surface area contributed by atoms with E-state index < -0.39 is 5.60 Å². The van der Waals surface area contributed by atoms with Crippen LogP contribution in [0.15, 0.2) is 24.3 Å². The Balaban J connectivity index is 1.78. The van der Waals surface area contributed by atoms with E-state index in [0.29, 0.717) is 18.0 Å². The van der Waals surface area contributed by atoms with Crippen molar-refractivity contribution in [1.29, 1.82) is 0 Å². The zero-order valence-corrected chi connectivity index (χ0v) is 12.5. The Morgan fingerprint density at radius 3 is 2.90 bits per heavy atom. The first kappa shape index (κ1) is 14.9. The third kappa shape index (κ3) is 2.85. The van der Waals surface area contributed by atoms with Crippen LogP contribution >= 0.6 is 0 Å². The third-order valence-electron chi connectivity index (χ3n) is 5.39. The summed E-state index contributed by atoms with van der Waals surface area (Å²) in [5, 5.41) is 10.8. The normalized spacial score (nSPS) is 31.7. The number of nitrogens with zero attached hydrogens (tertiary/aromatic N) is 1. The van der Waals surface area contributed by atoms with Crippen molar-refractivity contribution in [2.45, 2.75) is 43.7 Å². The first-order chi connectivity index (χ1) is 10.1. The van der Waals surface area contributed by atoms with E-state index in [1.54, 1.807) is 6.07 Å². The maximum atomic E-state index is 14.1. The average molecular weight is 292 g/mol. The number of aliphatic hydroxyl groups is 1. The number of piperidine rings is 1. The molecule has 0 radical (unpaired) electrons. The van der Waals surface area contributed by atoms with E-state index in [1.165, 1.54) is 12.5 Å². The van der Waals surface area contributed by atoms with Gasteiger partial charge < -0.3 is 10.8 Å². The Morgan fingerprint density at radius 1 is 1.33 bits per heavy atom. The highest BCUT2D eigenvalue weighted by Gasteiger charge is 2.44. The Labute approximate surface area is 125 Å². The smallest absolute Gasteiger partial charge is 0.128 e. The van der Waals surface area contributed by atoms with Crippen LogP contribution < -0.4 is 5.73 Å². The fourth-order valence-electron chi connectivity index (χ4n) is 4.10. The predicted octanol–water partition coefficient (Wildman–Crippen LogP) is 2.45. The summed E-state index contributed by atoms with van der Waals surface area (Å²) in [6.07, 6.45) is 5.08. The molecule has 1 aliphatic heterocycles. The summed E-state index contributed by atoms with van der Waals surface area (Å²) in [6, 6.07) is 6.82. The second kappa shape index (κ2) is 6.03. The molecule has 1 aromatic carbocycles. The molecule has 0 spiro atoms. The lowest BCUT2D eigenvalue weighted by Crippen LogP contribution is -2.54. The standard InChI is InChI=1S/C17H25FN2O/c18-15-7-2-1-6-14(15)16(11-19)20-10-9-17(21)8-4-3-5-13(17)12-20/h1-2,6-7,13,16,21H,3-5,8-12,19H2. The van der Waals surface area contributed by atoms with Gasteiger partial charge >= 0.3 is 0 Å². The predicted molar refractivity (Wildman–Crippen MR) is 81.3 cm³/mol. The molecule has 0 aromatic heterocycles. The zero-order chi connectivity index (χ0) is 14.9. The maximum absolute atomic E-state index is 14.1. The second-order valence-corrected chi connectivity index (χ2v) is 6.56. The number of benzene rings is 1. The monoisotopic (exact) mass is 292 g/mol. The number of halogens is 1. The topological polar surface area (TPSA) is 49.5 Å². The molecule has 3 N–H and O–H groups in total. The molecule has 3 atom stereocenters. The average Bonchev–Trinajstić information content (AvgIpc) is 2.50. The van der Waals surface area contributed by atoms with Gasteiger partial charge in [-0.2, -0.15) is 0 Å². The number of fused-ring (bicyclic) bond motifs is 1.